The molecule has 1 aromatic heterocycles. The van der Waals surface area contributed by atoms with E-state index < -0.39 is 0 Å². The van der Waals surface area contributed by atoms with Crippen LogP contribution in [0.3, 0.4) is 0 Å². The average molecular weight is 369 g/mol. The second-order valence-electron chi connectivity index (χ2n) is 6.96. The first-order valence-corrected chi connectivity index (χ1v) is 9.27. The number of carbonyl (C=O) groups excluding carboxylic acids is 1. The Labute approximate surface area is 160 Å². The molecule has 0 saturated carbocycles. The Hall–Kier alpha value is -2.83. The summed E-state index contributed by atoms with van der Waals surface area (Å²) in [4.78, 5) is 25.7. The van der Waals surface area contributed by atoms with Crippen LogP contribution in [-0.2, 0) is 0 Å². The van der Waals surface area contributed by atoms with Gasteiger partial charge in [0.15, 0.2) is 0 Å². The molecule has 7 nitrogen and oxygen atoms in total. The first-order chi connectivity index (χ1) is 13.0. The van der Waals surface area contributed by atoms with Crippen molar-refractivity contribution in [1.29, 1.82) is 0 Å². The standard InChI is InChI=1S/C20H27N5O2/c1-14(2)21-20(26)18-13-19(23-15(3)22-18)25-11-9-24(10-12-25)16-5-7-17(27-4)8-6-16/h5-8,13-14H,9-12H2,1-4H3,(H,21,26). The highest BCUT2D eigenvalue weighted by atomic mass is 16.5. The third-order valence-corrected chi connectivity index (χ3v) is 4.52. The summed E-state index contributed by atoms with van der Waals surface area (Å²) in [5.74, 6) is 2.12. The zero-order chi connectivity index (χ0) is 19.4. The van der Waals surface area contributed by atoms with Crippen LogP contribution in [-0.4, -0.2) is 55.2 Å². The van der Waals surface area contributed by atoms with Crippen LogP contribution in [0.25, 0.3) is 0 Å². The molecule has 0 aliphatic carbocycles. The lowest BCUT2D eigenvalue weighted by Gasteiger charge is -2.36. The van der Waals surface area contributed by atoms with Gasteiger partial charge in [-0.3, -0.25) is 4.79 Å². The molecule has 1 aromatic carbocycles. The molecule has 1 aliphatic heterocycles. The van der Waals surface area contributed by atoms with Crippen molar-refractivity contribution in [3.63, 3.8) is 0 Å². The minimum atomic E-state index is -0.159. The molecule has 7 heteroatoms. The Kier molecular flexibility index (Phi) is 5.78. The summed E-state index contributed by atoms with van der Waals surface area (Å²) in [6.07, 6.45) is 0. The number of methoxy groups -OCH3 is 1. The largest absolute Gasteiger partial charge is 0.497 e. The maximum absolute atomic E-state index is 12.3. The van der Waals surface area contributed by atoms with E-state index in [1.807, 2.05) is 32.9 Å². The number of ether oxygens (including phenoxy) is 1. The number of benzene rings is 1. The maximum atomic E-state index is 12.3. The Balaban J connectivity index is 1.68. The van der Waals surface area contributed by atoms with E-state index in [1.54, 1.807) is 13.2 Å². The van der Waals surface area contributed by atoms with Crippen LogP contribution in [0, 0.1) is 6.92 Å². The summed E-state index contributed by atoms with van der Waals surface area (Å²) in [5, 5.41) is 2.89. The fraction of sp³-hybridized carbons (Fsp3) is 0.450. The van der Waals surface area contributed by atoms with Crippen LogP contribution in [0.5, 0.6) is 5.75 Å². The predicted molar refractivity (Wildman–Crippen MR) is 107 cm³/mol. The third kappa shape index (κ3) is 4.67. The Morgan fingerprint density at radius 3 is 2.30 bits per heavy atom. The van der Waals surface area contributed by atoms with E-state index in [9.17, 15) is 4.79 Å². The summed E-state index contributed by atoms with van der Waals surface area (Å²) < 4.78 is 5.22. The van der Waals surface area contributed by atoms with E-state index in [0.29, 0.717) is 11.5 Å². The van der Waals surface area contributed by atoms with Crippen molar-refractivity contribution < 1.29 is 9.53 Å². The van der Waals surface area contributed by atoms with Crippen molar-refractivity contribution >= 4 is 17.4 Å². The number of hydrogen-bond acceptors (Lipinski definition) is 6. The Morgan fingerprint density at radius 1 is 1.07 bits per heavy atom. The first-order valence-electron chi connectivity index (χ1n) is 9.27. The number of rotatable bonds is 5. The topological polar surface area (TPSA) is 70.6 Å². The zero-order valence-electron chi connectivity index (χ0n) is 16.4. The number of nitrogens with one attached hydrogen (secondary N) is 1. The van der Waals surface area contributed by atoms with Crippen molar-refractivity contribution in [3.05, 3.63) is 41.9 Å². The normalized spacial score (nSPS) is 14.4. The molecule has 1 saturated heterocycles. The number of amides is 1. The minimum absolute atomic E-state index is 0.0734. The Morgan fingerprint density at radius 2 is 1.70 bits per heavy atom. The molecule has 0 spiro atoms. The molecule has 1 N–H and O–H groups in total. The molecule has 27 heavy (non-hydrogen) atoms. The van der Waals surface area contributed by atoms with Gasteiger partial charge in [-0.25, -0.2) is 9.97 Å². The lowest BCUT2D eigenvalue weighted by atomic mass is 10.2. The van der Waals surface area contributed by atoms with Gasteiger partial charge in [0.25, 0.3) is 5.91 Å². The molecule has 1 fully saturated rings. The molecule has 144 valence electrons. The van der Waals surface area contributed by atoms with Crippen molar-refractivity contribution in [1.82, 2.24) is 15.3 Å². The van der Waals surface area contributed by atoms with Crippen LogP contribution in [0.4, 0.5) is 11.5 Å². The van der Waals surface area contributed by atoms with Gasteiger partial charge >= 0.3 is 0 Å². The van der Waals surface area contributed by atoms with Crippen LogP contribution in [0.15, 0.2) is 30.3 Å². The second-order valence-corrected chi connectivity index (χ2v) is 6.96. The van der Waals surface area contributed by atoms with Gasteiger partial charge in [0, 0.05) is 44.0 Å². The molecule has 1 aliphatic rings. The van der Waals surface area contributed by atoms with E-state index in [-0.39, 0.29) is 11.9 Å². The zero-order valence-corrected chi connectivity index (χ0v) is 16.4. The van der Waals surface area contributed by atoms with Crippen molar-refractivity contribution in [2.45, 2.75) is 26.8 Å². The number of aromatic nitrogens is 2. The number of carbonyl (C=O) groups is 1. The van der Waals surface area contributed by atoms with E-state index in [4.69, 9.17) is 4.74 Å². The van der Waals surface area contributed by atoms with Crippen molar-refractivity contribution in [2.75, 3.05) is 43.1 Å². The SMILES string of the molecule is COc1ccc(N2CCN(c3cc(C(=O)NC(C)C)nc(C)n3)CC2)cc1. The van der Waals surface area contributed by atoms with Crippen LogP contribution >= 0.6 is 0 Å². The summed E-state index contributed by atoms with van der Waals surface area (Å²) in [7, 11) is 1.67. The monoisotopic (exact) mass is 369 g/mol. The van der Waals surface area contributed by atoms with Crippen molar-refractivity contribution in [2.24, 2.45) is 0 Å². The van der Waals surface area contributed by atoms with Crippen LogP contribution in [0.1, 0.15) is 30.2 Å². The minimum Gasteiger partial charge on any atom is -0.497 e. The third-order valence-electron chi connectivity index (χ3n) is 4.52. The first kappa shape index (κ1) is 18.9. The maximum Gasteiger partial charge on any atom is 0.270 e. The van der Waals surface area contributed by atoms with Gasteiger partial charge in [0.1, 0.15) is 23.1 Å². The highest BCUT2D eigenvalue weighted by Gasteiger charge is 2.20. The summed E-state index contributed by atoms with van der Waals surface area (Å²) in [5.41, 5.74) is 1.61. The van der Waals surface area contributed by atoms with Crippen LogP contribution < -0.4 is 19.9 Å². The molecular formula is C20H27N5O2. The van der Waals surface area contributed by atoms with Gasteiger partial charge in [-0.1, -0.05) is 0 Å². The number of hydrogen-bond donors (Lipinski definition) is 1. The molecule has 0 atom stereocenters. The van der Waals surface area contributed by atoms with Gasteiger partial charge in [0.2, 0.25) is 0 Å². The second kappa shape index (κ2) is 8.24. The molecular weight excluding hydrogens is 342 g/mol. The summed E-state index contributed by atoms with van der Waals surface area (Å²) in [6, 6.07) is 9.98. The summed E-state index contributed by atoms with van der Waals surface area (Å²) >= 11 is 0. The molecule has 0 bridgehead atoms. The molecule has 2 heterocycles. The molecule has 0 unspecified atom stereocenters. The molecule has 1 amide bonds. The van der Waals surface area contributed by atoms with E-state index in [0.717, 1.165) is 37.7 Å². The molecule has 3 rings (SSSR count). The summed E-state index contributed by atoms with van der Waals surface area (Å²) in [6.45, 7) is 9.16. The number of nitrogens with zero attached hydrogens (tertiary/aromatic N) is 4. The lowest BCUT2D eigenvalue weighted by molar-refractivity contribution is 0.0937. The van der Waals surface area contributed by atoms with Gasteiger partial charge in [-0.05, 0) is 45.0 Å². The highest BCUT2D eigenvalue weighted by molar-refractivity contribution is 5.93. The van der Waals surface area contributed by atoms with Gasteiger partial charge < -0.3 is 19.9 Å². The van der Waals surface area contributed by atoms with Crippen LogP contribution in [0.2, 0.25) is 0 Å². The highest BCUT2D eigenvalue weighted by Crippen LogP contribution is 2.22. The number of piperazine rings is 1. The van der Waals surface area contributed by atoms with E-state index >= 15 is 0 Å². The van der Waals surface area contributed by atoms with Gasteiger partial charge in [0.05, 0.1) is 7.11 Å². The fourth-order valence-electron chi connectivity index (χ4n) is 3.15. The Bertz CT molecular complexity index is 783. The number of aryl methyl sites for hydroxylation is 1. The number of anilines is 2. The average Bonchev–Trinajstić information content (AvgIpc) is 2.67. The quantitative estimate of drug-likeness (QED) is 0.872. The fourth-order valence-corrected chi connectivity index (χ4v) is 3.15. The van der Waals surface area contributed by atoms with Gasteiger partial charge in [-0.15, -0.1) is 0 Å². The molecule has 0 radical (unpaired) electrons. The van der Waals surface area contributed by atoms with Crippen molar-refractivity contribution in [3.8, 4) is 5.75 Å². The van der Waals surface area contributed by atoms with E-state index in [1.165, 1.54) is 5.69 Å². The lowest BCUT2D eigenvalue weighted by Crippen LogP contribution is -2.47. The molecule has 2 aromatic rings. The predicted octanol–water partition coefficient (Wildman–Crippen LogP) is 2.26. The van der Waals surface area contributed by atoms with E-state index in [2.05, 4.69) is 37.2 Å². The van der Waals surface area contributed by atoms with Gasteiger partial charge in [-0.2, -0.15) is 0 Å². The smallest absolute Gasteiger partial charge is 0.270 e.